The Hall–Kier alpha value is -1.92. The van der Waals surface area contributed by atoms with Crippen LogP contribution in [0.2, 0.25) is 0 Å². The molecule has 0 radical (unpaired) electrons. The molecule has 0 aliphatic carbocycles. The molecule has 2 unspecified atom stereocenters. The van der Waals surface area contributed by atoms with E-state index in [1.807, 2.05) is 25.1 Å². The molecule has 0 spiro atoms. The number of hydrogen-bond donors (Lipinski definition) is 2. The highest BCUT2D eigenvalue weighted by atomic mass is 16.5. The lowest BCUT2D eigenvalue weighted by atomic mass is 10.1. The van der Waals surface area contributed by atoms with Gasteiger partial charge in [-0.25, -0.2) is 0 Å². The van der Waals surface area contributed by atoms with E-state index in [2.05, 4.69) is 10.1 Å². The summed E-state index contributed by atoms with van der Waals surface area (Å²) in [6, 6.07) is 4.91. The van der Waals surface area contributed by atoms with E-state index in [9.17, 15) is 5.11 Å². The minimum Gasteiger partial charge on any atom is -0.496 e. The molecular formula is C13H17N3O3. The third-order valence-corrected chi connectivity index (χ3v) is 2.90. The molecule has 0 saturated carbocycles. The summed E-state index contributed by atoms with van der Waals surface area (Å²) in [6.07, 6.45) is -0.745. The first-order valence-corrected chi connectivity index (χ1v) is 5.95. The van der Waals surface area contributed by atoms with Crippen molar-refractivity contribution in [1.29, 1.82) is 0 Å². The van der Waals surface area contributed by atoms with Gasteiger partial charge in [0, 0.05) is 5.56 Å². The van der Waals surface area contributed by atoms with Crippen LogP contribution in [0.15, 0.2) is 22.7 Å². The van der Waals surface area contributed by atoms with Crippen LogP contribution < -0.4 is 10.5 Å². The number of aryl methyl sites for hydroxylation is 1. The second kappa shape index (κ2) is 5.38. The summed E-state index contributed by atoms with van der Waals surface area (Å²) >= 11 is 0. The summed E-state index contributed by atoms with van der Waals surface area (Å²) in [5.74, 6) is 1.46. The SMILES string of the molecule is COc1ccc(-c2noc(C(N)C(C)O)n2)cc1C. The number of aromatic nitrogens is 2. The largest absolute Gasteiger partial charge is 0.496 e. The molecule has 6 heteroatoms. The van der Waals surface area contributed by atoms with Crippen molar-refractivity contribution in [3.05, 3.63) is 29.7 Å². The quantitative estimate of drug-likeness (QED) is 0.866. The fourth-order valence-corrected chi connectivity index (χ4v) is 1.71. The minimum atomic E-state index is -0.745. The molecule has 0 fully saturated rings. The van der Waals surface area contributed by atoms with Crippen molar-refractivity contribution in [2.45, 2.75) is 26.0 Å². The van der Waals surface area contributed by atoms with Gasteiger partial charge in [0.1, 0.15) is 11.8 Å². The van der Waals surface area contributed by atoms with Crippen molar-refractivity contribution < 1.29 is 14.4 Å². The van der Waals surface area contributed by atoms with Gasteiger partial charge in [-0.15, -0.1) is 0 Å². The standard InChI is InChI=1S/C13H17N3O3/c1-7-6-9(4-5-10(7)18-3)12-15-13(19-16-12)11(14)8(2)17/h4-6,8,11,17H,14H2,1-3H3. The van der Waals surface area contributed by atoms with Gasteiger partial charge in [-0.2, -0.15) is 4.98 Å². The Balaban J connectivity index is 2.30. The number of rotatable bonds is 4. The zero-order valence-corrected chi connectivity index (χ0v) is 11.1. The average Bonchev–Trinajstić information content (AvgIpc) is 2.87. The van der Waals surface area contributed by atoms with Crippen molar-refractivity contribution in [2.24, 2.45) is 5.73 Å². The molecule has 0 bridgehead atoms. The maximum absolute atomic E-state index is 9.40. The number of nitrogens with zero attached hydrogens (tertiary/aromatic N) is 2. The van der Waals surface area contributed by atoms with Crippen LogP contribution in [-0.4, -0.2) is 28.5 Å². The van der Waals surface area contributed by atoms with Crippen molar-refractivity contribution in [3.8, 4) is 17.1 Å². The molecule has 1 aromatic heterocycles. The molecule has 1 heterocycles. The van der Waals surface area contributed by atoms with Gasteiger partial charge in [0.25, 0.3) is 0 Å². The van der Waals surface area contributed by atoms with E-state index in [1.54, 1.807) is 14.0 Å². The summed E-state index contributed by atoms with van der Waals surface area (Å²) in [4.78, 5) is 4.19. The lowest BCUT2D eigenvalue weighted by Gasteiger charge is -2.08. The molecule has 2 aromatic rings. The number of aliphatic hydroxyl groups is 1. The lowest BCUT2D eigenvalue weighted by molar-refractivity contribution is 0.146. The van der Waals surface area contributed by atoms with Crippen LogP contribution >= 0.6 is 0 Å². The third-order valence-electron chi connectivity index (χ3n) is 2.90. The molecule has 2 rings (SSSR count). The second-order valence-corrected chi connectivity index (χ2v) is 4.41. The monoisotopic (exact) mass is 263 g/mol. The van der Waals surface area contributed by atoms with Crippen LogP contribution in [0, 0.1) is 6.92 Å². The van der Waals surface area contributed by atoms with Gasteiger partial charge in [-0.1, -0.05) is 5.16 Å². The van der Waals surface area contributed by atoms with Crippen LogP contribution in [0.25, 0.3) is 11.4 Å². The van der Waals surface area contributed by atoms with Gasteiger partial charge >= 0.3 is 0 Å². The van der Waals surface area contributed by atoms with E-state index >= 15 is 0 Å². The minimum absolute atomic E-state index is 0.221. The predicted molar refractivity (Wildman–Crippen MR) is 69.6 cm³/mol. The van der Waals surface area contributed by atoms with E-state index in [0.717, 1.165) is 16.9 Å². The smallest absolute Gasteiger partial charge is 0.246 e. The number of aliphatic hydroxyl groups excluding tert-OH is 1. The molecule has 2 atom stereocenters. The Kier molecular flexibility index (Phi) is 3.82. The third kappa shape index (κ3) is 2.74. The van der Waals surface area contributed by atoms with E-state index in [0.29, 0.717) is 5.82 Å². The molecule has 1 aromatic carbocycles. The molecule has 0 saturated heterocycles. The van der Waals surface area contributed by atoms with Gasteiger partial charge in [-0.3, -0.25) is 0 Å². The summed E-state index contributed by atoms with van der Waals surface area (Å²) in [6.45, 7) is 3.51. The topological polar surface area (TPSA) is 94.4 Å². The molecular weight excluding hydrogens is 246 g/mol. The fourth-order valence-electron chi connectivity index (χ4n) is 1.71. The van der Waals surface area contributed by atoms with Crippen molar-refractivity contribution >= 4 is 0 Å². The number of benzene rings is 1. The van der Waals surface area contributed by atoms with Crippen LogP contribution in [0.3, 0.4) is 0 Å². The Morgan fingerprint density at radius 2 is 2.16 bits per heavy atom. The van der Waals surface area contributed by atoms with E-state index in [-0.39, 0.29) is 5.89 Å². The van der Waals surface area contributed by atoms with Crippen LogP contribution in [0.4, 0.5) is 0 Å². The molecule has 3 N–H and O–H groups in total. The molecule has 6 nitrogen and oxygen atoms in total. The number of hydrogen-bond acceptors (Lipinski definition) is 6. The lowest BCUT2D eigenvalue weighted by Crippen LogP contribution is -2.23. The summed E-state index contributed by atoms with van der Waals surface area (Å²) < 4.78 is 10.3. The van der Waals surface area contributed by atoms with Crippen molar-refractivity contribution in [2.75, 3.05) is 7.11 Å². The molecule has 19 heavy (non-hydrogen) atoms. The predicted octanol–water partition coefficient (Wildman–Crippen LogP) is 1.43. The van der Waals surface area contributed by atoms with Crippen LogP contribution in [0.5, 0.6) is 5.75 Å². The Morgan fingerprint density at radius 1 is 1.42 bits per heavy atom. The average molecular weight is 263 g/mol. The van der Waals surface area contributed by atoms with Gasteiger partial charge in [0.05, 0.1) is 13.2 Å². The first-order valence-electron chi connectivity index (χ1n) is 5.95. The van der Waals surface area contributed by atoms with E-state index in [1.165, 1.54) is 0 Å². The first kappa shape index (κ1) is 13.5. The van der Waals surface area contributed by atoms with Crippen LogP contribution in [-0.2, 0) is 0 Å². The highest BCUT2D eigenvalue weighted by molar-refractivity contribution is 5.58. The Labute approximate surface area is 111 Å². The maximum Gasteiger partial charge on any atom is 0.246 e. The number of ether oxygens (including phenoxy) is 1. The first-order chi connectivity index (χ1) is 9.02. The summed E-state index contributed by atoms with van der Waals surface area (Å²) in [5.41, 5.74) is 7.53. The summed E-state index contributed by atoms with van der Waals surface area (Å²) in [7, 11) is 1.62. The molecule has 0 aliphatic heterocycles. The molecule has 0 amide bonds. The van der Waals surface area contributed by atoms with Gasteiger partial charge in [0.2, 0.25) is 11.7 Å². The molecule has 102 valence electrons. The van der Waals surface area contributed by atoms with Gasteiger partial charge < -0.3 is 20.1 Å². The zero-order chi connectivity index (χ0) is 14.0. The number of methoxy groups -OCH3 is 1. The highest BCUT2D eigenvalue weighted by Crippen LogP contribution is 2.25. The zero-order valence-electron chi connectivity index (χ0n) is 11.1. The second-order valence-electron chi connectivity index (χ2n) is 4.41. The maximum atomic E-state index is 9.40. The molecule has 0 aliphatic rings. The van der Waals surface area contributed by atoms with Crippen LogP contribution in [0.1, 0.15) is 24.4 Å². The summed E-state index contributed by atoms with van der Waals surface area (Å²) in [5, 5.41) is 13.3. The van der Waals surface area contributed by atoms with E-state index < -0.39 is 12.1 Å². The highest BCUT2D eigenvalue weighted by Gasteiger charge is 2.20. The van der Waals surface area contributed by atoms with Gasteiger partial charge in [0.15, 0.2) is 0 Å². The van der Waals surface area contributed by atoms with Crippen molar-refractivity contribution in [1.82, 2.24) is 10.1 Å². The normalized spacial score (nSPS) is 14.2. The van der Waals surface area contributed by atoms with Gasteiger partial charge in [-0.05, 0) is 37.6 Å². The van der Waals surface area contributed by atoms with Crippen molar-refractivity contribution in [3.63, 3.8) is 0 Å². The van der Waals surface area contributed by atoms with E-state index in [4.69, 9.17) is 15.0 Å². The number of nitrogens with two attached hydrogens (primary N) is 1. The Bertz CT molecular complexity index is 566. The fraction of sp³-hybridized carbons (Fsp3) is 0.385. The Morgan fingerprint density at radius 3 is 2.74 bits per heavy atom.